The molecule has 5 unspecified atom stereocenters. The summed E-state index contributed by atoms with van der Waals surface area (Å²) in [4.78, 5) is 58.9. The molecule has 0 aliphatic rings. The van der Waals surface area contributed by atoms with Crippen LogP contribution < -0.4 is 21.7 Å². The number of hydrogen-bond donors (Lipinski definition) is 7. The Kier molecular flexibility index (Phi) is 10.8. The van der Waals surface area contributed by atoms with Gasteiger partial charge in [0, 0.05) is 0 Å². The number of nitrogens with one attached hydrogen (secondary N) is 3. The predicted octanol–water partition coefficient (Wildman–Crippen LogP) is -2.23. The Balaban J connectivity index is 5.38. The standard InChI is InChI=1S/C17H30N4O8/c1-7(2)5-10(14(25)19-8(3)17(28)29)20-15(26)11(6-12(23)24)21-16(27)13(18)9(4)22/h7-11,13,22H,5-6,18H2,1-4H3,(H,19,25)(H,20,26)(H,21,27)(H,23,24)(H,28,29). The summed E-state index contributed by atoms with van der Waals surface area (Å²) in [5.41, 5.74) is 5.48. The zero-order chi connectivity index (χ0) is 22.9. The number of carbonyl (C=O) groups is 5. The van der Waals surface area contributed by atoms with Gasteiger partial charge in [0.05, 0.1) is 12.5 Å². The Labute approximate surface area is 168 Å². The average molecular weight is 418 g/mol. The van der Waals surface area contributed by atoms with Crippen LogP contribution in [0, 0.1) is 5.92 Å². The smallest absolute Gasteiger partial charge is 0.325 e. The van der Waals surface area contributed by atoms with Crippen LogP contribution in [0.1, 0.15) is 40.5 Å². The number of carbonyl (C=O) groups excluding carboxylic acids is 3. The Morgan fingerprint density at radius 3 is 1.72 bits per heavy atom. The Morgan fingerprint density at radius 2 is 1.31 bits per heavy atom. The van der Waals surface area contributed by atoms with Gasteiger partial charge in [0.2, 0.25) is 17.7 Å². The summed E-state index contributed by atoms with van der Waals surface area (Å²) >= 11 is 0. The molecular formula is C17H30N4O8. The minimum atomic E-state index is -1.55. The molecule has 0 heterocycles. The monoisotopic (exact) mass is 418 g/mol. The third kappa shape index (κ3) is 9.85. The van der Waals surface area contributed by atoms with Crippen molar-refractivity contribution in [1.29, 1.82) is 0 Å². The molecule has 12 heteroatoms. The molecule has 0 saturated heterocycles. The summed E-state index contributed by atoms with van der Waals surface area (Å²) in [6.07, 6.45) is -1.88. The minimum Gasteiger partial charge on any atom is -0.481 e. The fraction of sp³-hybridized carbons (Fsp3) is 0.706. The Hall–Kier alpha value is -2.73. The fourth-order valence-electron chi connectivity index (χ4n) is 2.22. The van der Waals surface area contributed by atoms with Crippen molar-refractivity contribution in [2.45, 2.75) is 70.8 Å². The van der Waals surface area contributed by atoms with E-state index in [2.05, 4.69) is 16.0 Å². The van der Waals surface area contributed by atoms with E-state index in [9.17, 15) is 29.1 Å². The van der Waals surface area contributed by atoms with Crippen molar-refractivity contribution in [3.05, 3.63) is 0 Å². The molecule has 0 aliphatic carbocycles. The molecule has 8 N–H and O–H groups in total. The molecule has 0 aliphatic heterocycles. The van der Waals surface area contributed by atoms with Crippen molar-refractivity contribution in [3.8, 4) is 0 Å². The number of aliphatic hydroxyl groups is 1. The van der Waals surface area contributed by atoms with Crippen LogP contribution in [0.25, 0.3) is 0 Å². The first-order valence-corrected chi connectivity index (χ1v) is 9.05. The van der Waals surface area contributed by atoms with E-state index in [1.54, 1.807) is 13.8 Å². The SMILES string of the molecule is CC(C)CC(NC(=O)C(CC(=O)O)NC(=O)C(N)C(C)O)C(=O)NC(C)C(=O)O. The van der Waals surface area contributed by atoms with Gasteiger partial charge in [-0.3, -0.25) is 24.0 Å². The van der Waals surface area contributed by atoms with Gasteiger partial charge in [-0.1, -0.05) is 13.8 Å². The molecule has 166 valence electrons. The average Bonchev–Trinajstić information content (AvgIpc) is 2.58. The number of aliphatic carboxylic acids is 2. The lowest BCUT2D eigenvalue weighted by atomic mass is 10.0. The van der Waals surface area contributed by atoms with Crippen molar-refractivity contribution >= 4 is 29.7 Å². The number of rotatable bonds is 12. The van der Waals surface area contributed by atoms with Gasteiger partial charge in [-0.2, -0.15) is 0 Å². The summed E-state index contributed by atoms with van der Waals surface area (Å²) in [6.45, 7) is 6.04. The van der Waals surface area contributed by atoms with Crippen molar-refractivity contribution in [2.24, 2.45) is 11.7 Å². The topological polar surface area (TPSA) is 208 Å². The number of amides is 3. The molecule has 0 rings (SSSR count). The number of nitrogens with two attached hydrogens (primary N) is 1. The summed E-state index contributed by atoms with van der Waals surface area (Å²) in [5.74, 6) is -5.38. The second-order valence-corrected chi connectivity index (χ2v) is 7.18. The first kappa shape index (κ1) is 26.3. The fourth-order valence-corrected chi connectivity index (χ4v) is 2.22. The van der Waals surface area contributed by atoms with Gasteiger partial charge in [-0.05, 0) is 26.2 Å². The van der Waals surface area contributed by atoms with Crippen LogP contribution in [0.5, 0.6) is 0 Å². The lowest BCUT2D eigenvalue weighted by Gasteiger charge is -2.25. The summed E-state index contributed by atoms with van der Waals surface area (Å²) in [5, 5.41) is 34.0. The second kappa shape index (κ2) is 12.0. The quantitative estimate of drug-likeness (QED) is 0.183. The molecule has 0 aromatic carbocycles. The first-order chi connectivity index (χ1) is 13.3. The zero-order valence-electron chi connectivity index (χ0n) is 16.8. The highest BCUT2D eigenvalue weighted by atomic mass is 16.4. The van der Waals surface area contributed by atoms with Gasteiger partial charge < -0.3 is 37.0 Å². The van der Waals surface area contributed by atoms with Crippen LogP contribution in [0.4, 0.5) is 0 Å². The molecular weight excluding hydrogens is 388 g/mol. The molecule has 0 fully saturated rings. The maximum Gasteiger partial charge on any atom is 0.325 e. The number of hydrogen-bond acceptors (Lipinski definition) is 7. The molecule has 0 aromatic heterocycles. The molecule has 0 aromatic rings. The summed E-state index contributed by atoms with van der Waals surface area (Å²) in [6, 6.07) is -5.29. The van der Waals surface area contributed by atoms with Crippen molar-refractivity contribution in [2.75, 3.05) is 0 Å². The van der Waals surface area contributed by atoms with Gasteiger partial charge in [-0.15, -0.1) is 0 Å². The van der Waals surface area contributed by atoms with E-state index in [1.165, 1.54) is 13.8 Å². The second-order valence-electron chi connectivity index (χ2n) is 7.18. The molecule has 0 saturated carbocycles. The van der Waals surface area contributed by atoms with E-state index in [0.29, 0.717) is 0 Å². The van der Waals surface area contributed by atoms with Gasteiger partial charge in [-0.25, -0.2) is 0 Å². The zero-order valence-corrected chi connectivity index (χ0v) is 16.8. The summed E-state index contributed by atoms with van der Waals surface area (Å²) in [7, 11) is 0. The van der Waals surface area contributed by atoms with E-state index in [0.717, 1.165) is 0 Å². The third-order valence-electron chi connectivity index (χ3n) is 3.90. The molecule has 12 nitrogen and oxygen atoms in total. The molecule has 5 atom stereocenters. The van der Waals surface area contributed by atoms with Crippen LogP contribution in [0.3, 0.4) is 0 Å². The van der Waals surface area contributed by atoms with E-state index >= 15 is 0 Å². The van der Waals surface area contributed by atoms with Crippen LogP contribution in [-0.2, 0) is 24.0 Å². The number of carboxylic acid groups (broad SMARTS) is 2. The van der Waals surface area contributed by atoms with E-state index in [-0.39, 0.29) is 12.3 Å². The van der Waals surface area contributed by atoms with E-state index in [1.807, 2.05) is 0 Å². The summed E-state index contributed by atoms with van der Waals surface area (Å²) < 4.78 is 0. The lowest BCUT2D eigenvalue weighted by Crippen LogP contribution is -2.58. The highest BCUT2D eigenvalue weighted by molar-refractivity contribution is 5.95. The maximum atomic E-state index is 12.5. The van der Waals surface area contributed by atoms with Gasteiger partial charge in [0.1, 0.15) is 24.2 Å². The molecule has 0 spiro atoms. The molecule has 3 amide bonds. The van der Waals surface area contributed by atoms with Crippen LogP contribution in [-0.4, -0.2) is 75.3 Å². The number of aliphatic hydroxyl groups excluding tert-OH is 1. The van der Waals surface area contributed by atoms with Gasteiger partial charge in [0.15, 0.2) is 0 Å². The highest BCUT2D eigenvalue weighted by Gasteiger charge is 2.31. The Bertz CT molecular complexity index is 623. The molecule has 29 heavy (non-hydrogen) atoms. The Morgan fingerprint density at radius 1 is 0.828 bits per heavy atom. The predicted molar refractivity (Wildman–Crippen MR) is 100 cm³/mol. The van der Waals surface area contributed by atoms with E-state index in [4.69, 9.17) is 15.9 Å². The van der Waals surface area contributed by atoms with E-state index < -0.39 is 66.4 Å². The largest absolute Gasteiger partial charge is 0.481 e. The minimum absolute atomic E-state index is 0.0673. The first-order valence-electron chi connectivity index (χ1n) is 9.05. The van der Waals surface area contributed by atoms with Crippen molar-refractivity contribution < 1.29 is 39.3 Å². The third-order valence-corrected chi connectivity index (χ3v) is 3.90. The van der Waals surface area contributed by atoms with Crippen molar-refractivity contribution in [3.63, 3.8) is 0 Å². The highest BCUT2D eigenvalue weighted by Crippen LogP contribution is 2.07. The molecule has 0 bridgehead atoms. The normalized spacial score (nSPS) is 16.1. The van der Waals surface area contributed by atoms with Gasteiger partial charge >= 0.3 is 11.9 Å². The van der Waals surface area contributed by atoms with Crippen LogP contribution in [0.2, 0.25) is 0 Å². The van der Waals surface area contributed by atoms with Crippen LogP contribution in [0.15, 0.2) is 0 Å². The van der Waals surface area contributed by atoms with Gasteiger partial charge in [0.25, 0.3) is 0 Å². The lowest BCUT2D eigenvalue weighted by molar-refractivity contribution is -0.143. The van der Waals surface area contributed by atoms with Crippen LogP contribution >= 0.6 is 0 Å². The molecule has 0 radical (unpaired) electrons. The maximum absolute atomic E-state index is 12.5. The number of carboxylic acids is 2. The van der Waals surface area contributed by atoms with Crippen molar-refractivity contribution in [1.82, 2.24) is 16.0 Å².